The van der Waals surface area contributed by atoms with E-state index >= 15 is 0 Å². The molecule has 0 radical (unpaired) electrons. The highest BCUT2D eigenvalue weighted by Gasteiger charge is 1.93. The number of carbonyl (C=O) groups is 1. The lowest BCUT2D eigenvalue weighted by molar-refractivity contribution is -0.117. The fraction of sp³-hybridized carbons (Fsp3) is 0.286. The standard InChI is InChI=1S/C7H10O2/c1-4-7(8)5-9-6(2)3/h4H,1-2,5H2,3H3. The van der Waals surface area contributed by atoms with Crippen molar-refractivity contribution in [1.82, 2.24) is 0 Å². The second-order valence-electron chi connectivity index (χ2n) is 1.66. The Kier molecular flexibility index (Phi) is 3.44. The van der Waals surface area contributed by atoms with Crippen LogP contribution in [-0.4, -0.2) is 12.4 Å². The number of rotatable bonds is 4. The zero-order valence-corrected chi connectivity index (χ0v) is 5.52. The Hall–Kier alpha value is -1.05. The minimum Gasteiger partial charge on any atom is -0.491 e. The molecule has 0 saturated heterocycles. The molecule has 0 spiro atoms. The molecule has 0 aliphatic carbocycles. The zero-order valence-electron chi connectivity index (χ0n) is 5.52. The van der Waals surface area contributed by atoms with E-state index in [0.29, 0.717) is 5.76 Å². The van der Waals surface area contributed by atoms with Crippen LogP contribution in [0.2, 0.25) is 0 Å². The van der Waals surface area contributed by atoms with Crippen molar-refractivity contribution in [3.63, 3.8) is 0 Å². The highest BCUT2D eigenvalue weighted by Crippen LogP contribution is 1.89. The van der Waals surface area contributed by atoms with E-state index in [2.05, 4.69) is 13.2 Å². The summed E-state index contributed by atoms with van der Waals surface area (Å²) in [5.74, 6) is 0.420. The molecule has 0 heterocycles. The Balaban J connectivity index is 3.39. The maximum absolute atomic E-state index is 10.4. The van der Waals surface area contributed by atoms with E-state index in [-0.39, 0.29) is 12.4 Å². The molecule has 0 fully saturated rings. The molecule has 0 rings (SSSR count). The summed E-state index contributed by atoms with van der Waals surface area (Å²) in [5, 5.41) is 0. The Morgan fingerprint density at radius 2 is 2.33 bits per heavy atom. The predicted octanol–water partition coefficient (Wildman–Crippen LogP) is 1.29. The predicted molar refractivity (Wildman–Crippen MR) is 36.0 cm³/mol. The van der Waals surface area contributed by atoms with Gasteiger partial charge in [-0.3, -0.25) is 4.79 Å². The van der Waals surface area contributed by atoms with Crippen LogP contribution >= 0.6 is 0 Å². The minimum atomic E-state index is -0.127. The van der Waals surface area contributed by atoms with Gasteiger partial charge in [-0.25, -0.2) is 0 Å². The largest absolute Gasteiger partial charge is 0.491 e. The van der Waals surface area contributed by atoms with Gasteiger partial charge < -0.3 is 4.74 Å². The summed E-state index contributed by atoms with van der Waals surface area (Å²) in [6, 6.07) is 0. The van der Waals surface area contributed by atoms with Crippen molar-refractivity contribution < 1.29 is 9.53 Å². The van der Waals surface area contributed by atoms with E-state index < -0.39 is 0 Å². The van der Waals surface area contributed by atoms with Gasteiger partial charge in [0.2, 0.25) is 0 Å². The summed E-state index contributed by atoms with van der Waals surface area (Å²) >= 11 is 0. The van der Waals surface area contributed by atoms with Crippen molar-refractivity contribution >= 4 is 5.78 Å². The molecule has 0 aromatic carbocycles. The van der Waals surface area contributed by atoms with Gasteiger partial charge in [-0.2, -0.15) is 0 Å². The average Bonchev–Trinajstić information content (AvgIpc) is 1.83. The van der Waals surface area contributed by atoms with Crippen LogP contribution in [0, 0.1) is 0 Å². The fourth-order valence-electron chi connectivity index (χ4n) is 0.253. The Morgan fingerprint density at radius 3 is 2.67 bits per heavy atom. The lowest BCUT2D eigenvalue weighted by Crippen LogP contribution is -2.02. The monoisotopic (exact) mass is 126 g/mol. The fourth-order valence-corrected chi connectivity index (χ4v) is 0.253. The second kappa shape index (κ2) is 3.89. The summed E-state index contributed by atoms with van der Waals surface area (Å²) in [4.78, 5) is 10.4. The van der Waals surface area contributed by atoms with Crippen LogP contribution in [0.3, 0.4) is 0 Å². The van der Waals surface area contributed by atoms with Gasteiger partial charge in [0.25, 0.3) is 0 Å². The van der Waals surface area contributed by atoms with Gasteiger partial charge in [0.05, 0.1) is 5.76 Å². The highest BCUT2D eigenvalue weighted by molar-refractivity contribution is 5.90. The third kappa shape index (κ3) is 4.81. The Labute approximate surface area is 54.8 Å². The highest BCUT2D eigenvalue weighted by atomic mass is 16.5. The first kappa shape index (κ1) is 7.95. The summed E-state index contributed by atoms with van der Waals surface area (Å²) in [6.07, 6.45) is 1.23. The summed E-state index contributed by atoms with van der Waals surface area (Å²) in [6.45, 7) is 8.48. The van der Waals surface area contributed by atoms with Gasteiger partial charge in [0.15, 0.2) is 5.78 Å². The number of ether oxygens (including phenoxy) is 1. The summed E-state index contributed by atoms with van der Waals surface area (Å²) in [5.41, 5.74) is 0. The van der Waals surface area contributed by atoms with Gasteiger partial charge in [0.1, 0.15) is 6.61 Å². The van der Waals surface area contributed by atoms with E-state index in [1.165, 1.54) is 6.08 Å². The molecule has 0 aromatic rings. The van der Waals surface area contributed by atoms with Crippen LogP contribution in [0.5, 0.6) is 0 Å². The molecule has 0 bridgehead atoms. The minimum absolute atomic E-state index is 0.0544. The number of hydrogen-bond acceptors (Lipinski definition) is 2. The molecule has 0 aromatic heterocycles. The summed E-state index contributed by atoms with van der Waals surface area (Å²) < 4.78 is 4.78. The van der Waals surface area contributed by atoms with Gasteiger partial charge in [-0.15, -0.1) is 0 Å². The van der Waals surface area contributed by atoms with Gasteiger partial charge >= 0.3 is 0 Å². The Morgan fingerprint density at radius 1 is 1.78 bits per heavy atom. The molecule has 0 aliphatic rings. The van der Waals surface area contributed by atoms with Gasteiger partial charge in [-0.05, 0) is 13.0 Å². The van der Waals surface area contributed by atoms with Crippen LogP contribution in [0.15, 0.2) is 25.0 Å². The van der Waals surface area contributed by atoms with E-state index in [1.807, 2.05) is 0 Å². The molecular weight excluding hydrogens is 116 g/mol. The van der Waals surface area contributed by atoms with Crippen molar-refractivity contribution in [3.8, 4) is 0 Å². The number of hydrogen-bond donors (Lipinski definition) is 0. The molecular formula is C7H10O2. The molecule has 2 nitrogen and oxygen atoms in total. The van der Waals surface area contributed by atoms with Crippen LogP contribution < -0.4 is 0 Å². The van der Waals surface area contributed by atoms with Crippen molar-refractivity contribution in [3.05, 3.63) is 25.0 Å². The first-order valence-electron chi connectivity index (χ1n) is 2.60. The number of allylic oxidation sites excluding steroid dienone is 1. The van der Waals surface area contributed by atoms with Crippen molar-refractivity contribution in [2.75, 3.05) is 6.61 Å². The summed E-state index contributed by atoms with van der Waals surface area (Å²) in [7, 11) is 0. The third-order valence-electron chi connectivity index (χ3n) is 0.688. The molecule has 0 saturated carbocycles. The first-order valence-corrected chi connectivity index (χ1v) is 2.60. The van der Waals surface area contributed by atoms with Crippen LogP contribution in [0.25, 0.3) is 0 Å². The topological polar surface area (TPSA) is 26.3 Å². The van der Waals surface area contributed by atoms with Gasteiger partial charge in [-0.1, -0.05) is 13.2 Å². The SMILES string of the molecule is C=CC(=O)COC(=C)C. The van der Waals surface area contributed by atoms with Crippen molar-refractivity contribution in [2.24, 2.45) is 0 Å². The first-order chi connectivity index (χ1) is 4.16. The van der Waals surface area contributed by atoms with Crippen molar-refractivity contribution in [1.29, 1.82) is 0 Å². The third-order valence-corrected chi connectivity index (χ3v) is 0.688. The van der Waals surface area contributed by atoms with Crippen LogP contribution in [0.1, 0.15) is 6.92 Å². The molecule has 0 amide bonds. The second-order valence-corrected chi connectivity index (χ2v) is 1.66. The van der Waals surface area contributed by atoms with E-state index in [0.717, 1.165) is 0 Å². The average molecular weight is 126 g/mol. The maximum atomic E-state index is 10.4. The molecule has 0 N–H and O–H groups in total. The van der Waals surface area contributed by atoms with E-state index in [9.17, 15) is 4.79 Å². The van der Waals surface area contributed by atoms with Gasteiger partial charge in [0, 0.05) is 0 Å². The van der Waals surface area contributed by atoms with E-state index in [1.54, 1.807) is 6.92 Å². The number of ketones is 1. The van der Waals surface area contributed by atoms with Crippen molar-refractivity contribution in [2.45, 2.75) is 6.92 Å². The Bertz CT molecular complexity index is 136. The maximum Gasteiger partial charge on any atom is 0.192 e. The molecule has 2 heteroatoms. The van der Waals surface area contributed by atoms with Crippen LogP contribution in [-0.2, 0) is 9.53 Å². The van der Waals surface area contributed by atoms with Crippen LogP contribution in [0.4, 0.5) is 0 Å². The van der Waals surface area contributed by atoms with E-state index in [4.69, 9.17) is 4.74 Å². The molecule has 50 valence electrons. The normalized spacial score (nSPS) is 8.11. The molecule has 9 heavy (non-hydrogen) atoms. The lowest BCUT2D eigenvalue weighted by Gasteiger charge is -1.99. The molecule has 0 atom stereocenters. The smallest absolute Gasteiger partial charge is 0.192 e. The molecule has 0 aliphatic heterocycles. The molecule has 0 unspecified atom stereocenters. The quantitative estimate of drug-likeness (QED) is 0.419. The number of carbonyl (C=O) groups excluding carboxylic acids is 1. The zero-order chi connectivity index (χ0) is 7.28. The lowest BCUT2D eigenvalue weighted by atomic mass is 10.4.